The second kappa shape index (κ2) is 5.56. The minimum Gasteiger partial charge on any atom is -0.495 e. The lowest BCUT2D eigenvalue weighted by Crippen LogP contribution is -2.18. The van der Waals surface area contributed by atoms with Gasteiger partial charge in [-0.3, -0.25) is 5.32 Å². The molecule has 1 aromatic rings. The van der Waals surface area contributed by atoms with Gasteiger partial charge in [-0.2, -0.15) is 0 Å². The molecule has 0 heterocycles. The third-order valence-electron chi connectivity index (χ3n) is 2.08. The van der Waals surface area contributed by atoms with Gasteiger partial charge >= 0.3 is 0 Å². The van der Waals surface area contributed by atoms with Gasteiger partial charge in [-0.15, -0.1) is 0 Å². The number of nitrogens with one attached hydrogen (secondary N) is 1. The van der Waals surface area contributed by atoms with Gasteiger partial charge in [0.05, 0.1) is 12.1 Å². The highest BCUT2D eigenvalue weighted by atomic mass is 35.5. The molecule has 0 radical (unpaired) electrons. The van der Waals surface area contributed by atoms with E-state index in [4.69, 9.17) is 32.7 Å². The van der Waals surface area contributed by atoms with Gasteiger partial charge in [0, 0.05) is 12.7 Å². The van der Waals surface area contributed by atoms with Crippen LogP contribution in [0.15, 0.2) is 12.1 Å². The van der Waals surface area contributed by atoms with E-state index in [1.165, 1.54) is 0 Å². The van der Waals surface area contributed by atoms with Crippen LogP contribution < -0.4 is 10.1 Å². The molecule has 1 aromatic carbocycles. The van der Waals surface area contributed by atoms with Crippen LogP contribution in [-0.4, -0.2) is 21.3 Å². The molecule has 15 heavy (non-hydrogen) atoms. The van der Waals surface area contributed by atoms with E-state index >= 15 is 0 Å². The maximum absolute atomic E-state index is 6.10. The highest BCUT2D eigenvalue weighted by Crippen LogP contribution is 2.36. The Morgan fingerprint density at radius 1 is 1.20 bits per heavy atom. The molecule has 0 aliphatic heterocycles. The molecule has 1 rings (SSSR count). The first-order chi connectivity index (χ1) is 7.15. The van der Waals surface area contributed by atoms with Crippen LogP contribution in [0, 0.1) is 0 Å². The Hall–Kier alpha value is -0.480. The standard InChI is InChI=1S/C10H13Cl2NO2/c1-13-10(15-3)6-4-5-7(14-2)9(12)8(6)11/h4-5,10,13H,1-3H3. The number of hydrogen-bond acceptors (Lipinski definition) is 3. The Morgan fingerprint density at radius 3 is 2.33 bits per heavy atom. The fourth-order valence-corrected chi connectivity index (χ4v) is 1.81. The predicted molar refractivity (Wildman–Crippen MR) is 61.8 cm³/mol. The smallest absolute Gasteiger partial charge is 0.139 e. The molecule has 0 aromatic heterocycles. The third kappa shape index (κ3) is 2.55. The van der Waals surface area contributed by atoms with Crippen LogP contribution in [0.4, 0.5) is 0 Å². The molecule has 3 nitrogen and oxygen atoms in total. The van der Waals surface area contributed by atoms with Gasteiger partial charge in [-0.25, -0.2) is 0 Å². The van der Waals surface area contributed by atoms with Gasteiger partial charge in [0.2, 0.25) is 0 Å². The van der Waals surface area contributed by atoms with Crippen molar-refractivity contribution >= 4 is 23.2 Å². The fraction of sp³-hybridized carbons (Fsp3) is 0.400. The highest BCUT2D eigenvalue weighted by Gasteiger charge is 2.16. The average Bonchev–Trinajstić information content (AvgIpc) is 2.26. The van der Waals surface area contributed by atoms with Crippen LogP contribution in [-0.2, 0) is 4.74 Å². The summed E-state index contributed by atoms with van der Waals surface area (Å²) in [6.45, 7) is 0. The van der Waals surface area contributed by atoms with E-state index in [1.54, 1.807) is 27.3 Å². The molecule has 1 unspecified atom stereocenters. The first-order valence-corrected chi connectivity index (χ1v) is 5.13. The van der Waals surface area contributed by atoms with Crippen molar-refractivity contribution < 1.29 is 9.47 Å². The number of halogens is 2. The Morgan fingerprint density at radius 2 is 1.87 bits per heavy atom. The van der Waals surface area contributed by atoms with E-state index < -0.39 is 0 Å². The van der Waals surface area contributed by atoms with Gasteiger partial charge in [0.15, 0.2) is 0 Å². The van der Waals surface area contributed by atoms with Crippen molar-refractivity contribution in [3.8, 4) is 5.75 Å². The predicted octanol–water partition coefficient (Wildman–Crippen LogP) is 2.87. The Balaban J connectivity index is 3.16. The molecule has 0 saturated carbocycles. The number of ether oxygens (including phenoxy) is 2. The van der Waals surface area contributed by atoms with Gasteiger partial charge in [-0.05, 0) is 19.2 Å². The molecule has 0 bridgehead atoms. The van der Waals surface area contributed by atoms with Crippen molar-refractivity contribution in [3.05, 3.63) is 27.7 Å². The molecule has 0 amide bonds. The summed E-state index contributed by atoms with van der Waals surface area (Å²) < 4.78 is 10.3. The van der Waals surface area contributed by atoms with Crippen LogP contribution in [0.2, 0.25) is 10.0 Å². The Kier molecular flexibility index (Phi) is 4.67. The van der Waals surface area contributed by atoms with E-state index in [9.17, 15) is 0 Å². The zero-order valence-electron chi connectivity index (χ0n) is 8.80. The number of rotatable bonds is 4. The zero-order chi connectivity index (χ0) is 11.4. The lowest BCUT2D eigenvalue weighted by molar-refractivity contribution is 0.0809. The van der Waals surface area contributed by atoms with E-state index in [0.29, 0.717) is 15.8 Å². The first kappa shape index (κ1) is 12.6. The summed E-state index contributed by atoms with van der Waals surface area (Å²) in [6.07, 6.45) is -0.277. The molecule has 84 valence electrons. The largest absolute Gasteiger partial charge is 0.495 e. The summed E-state index contributed by atoms with van der Waals surface area (Å²) in [5.74, 6) is 0.552. The minimum absolute atomic E-state index is 0.277. The van der Waals surface area contributed by atoms with Crippen LogP contribution in [0.1, 0.15) is 11.8 Å². The topological polar surface area (TPSA) is 30.5 Å². The van der Waals surface area contributed by atoms with E-state index in [-0.39, 0.29) is 6.23 Å². The number of methoxy groups -OCH3 is 2. The van der Waals surface area contributed by atoms with Crippen LogP contribution >= 0.6 is 23.2 Å². The van der Waals surface area contributed by atoms with Gasteiger partial charge in [0.25, 0.3) is 0 Å². The van der Waals surface area contributed by atoms with Crippen molar-refractivity contribution in [2.45, 2.75) is 6.23 Å². The summed E-state index contributed by atoms with van der Waals surface area (Å²) in [5.41, 5.74) is 0.785. The molecule has 0 aliphatic carbocycles. The third-order valence-corrected chi connectivity index (χ3v) is 2.96. The Labute approximate surface area is 99.3 Å². The molecule has 0 saturated heterocycles. The van der Waals surface area contributed by atoms with E-state index in [0.717, 1.165) is 5.56 Å². The minimum atomic E-state index is -0.277. The van der Waals surface area contributed by atoms with Crippen molar-refractivity contribution in [3.63, 3.8) is 0 Å². The molecular weight excluding hydrogens is 237 g/mol. The number of hydrogen-bond donors (Lipinski definition) is 1. The summed E-state index contributed by atoms with van der Waals surface area (Å²) >= 11 is 12.1. The quantitative estimate of drug-likeness (QED) is 0.833. The van der Waals surface area contributed by atoms with Crippen molar-refractivity contribution in [2.24, 2.45) is 0 Å². The summed E-state index contributed by atoms with van der Waals surface area (Å²) in [4.78, 5) is 0. The van der Waals surface area contributed by atoms with Crippen LogP contribution in [0.25, 0.3) is 0 Å². The summed E-state index contributed by atoms with van der Waals surface area (Å²) in [7, 11) is 4.92. The Bertz CT molecular complexity index is 340. The van der Waals surface area contributed by atoms with Gasteiger partial charge in [-0.1, -0.05) is 23.2 Å². The second-order valence-electron chi connectivity index (χ2n) is 2.89. The molecular formula is C10H13Cl2NO2. The van der Waals surface area contributed by atoms with Gasteiger partial charge < -0.3 is 9.47 Å². The molecule has 1 N–H and O–H groups in total. The number of benzene rings is 1. The SMILES string of the molecule is CNC(OC)c1ccc(OC)c(Cl)c1Cl. The summed E-state index contributed by atoms with van der Waals surface area (Å²) in [5, 5.41) is 3.81. The van der Waals surface area contributed by atoms with Crippen molar-refractivity contribution in [2.75, 3.05) is 21.3 Å². The monoisotopic (exact) mass is 249 g/mol. The molecule has 0 aliphatic rings. The van der Waals surface area contributed by atoms with Gasteiger partial charge in [0.1, 0.15) is 17.0 Å². The van der Waals surface area contributed by atoms with Crippen LogP contribution in [0.5, 0.6) is 5.75 Å². The lowest BCUT2D eigenvalue weighted by atomic mass is 10.2. The molecule has 0 fully saturated rings. The molecule has 1 atom stereocenters. The zero-order valence-corrected chi connectivity index (χ0v) is 10.3. The summed E-state index contributed by atoms with van der Waals surface area (Å²) in [6, 6.07) is 3.57. The normalized spacial score (nSPS) is 12.6. The average molecular weight is 250 g/mol. The van der Waals surface area contributed by atoms with E-state index in [2.05, 4.69) is 5.32 Å². The van der Waals surface area contributed by atoms with Crippen molar-refractivity contribution in [1.82, 2.24) is 5.32 Å². The maximum Gasteiger partial charge on any atom is 0.139 e. The van der Waals surface area contributed by atoms with E-state index in [1.807, 2.05) is 6.07 Å². The maximum atomic E-state index is 6.10. The van der Waals surface area contributed by atoms with Crippen molar-refractivity contribution in [1.29, 1.82) is 0 Å². The lowest BCUT2D eigenvalue weighted by Gasteiger charge is -2.17. The fourth-order valence-electron chi connectivity index (χ4n) is 1.31. The first-order valence-electron chi connectivity index (χ1n) is 4.37. The highest BCUT2D eigenvalue weighted by molar-refractivity contribution is 6.43. The second-order valence-corrected chi connectivity index (χ2v) is 3.65. The molecule has 0 spiro atoms. The van der Waals surface area contributed by atoms with Crippen LogP contribution in [0.3, 0.4) is 0 Å². The molecule has 5 heteroatoms.